The maximum Gasteiger partial charge on any atom is 0.297 e. The minimum atomic E-state index is -0.462. The van der Waals surface area contributed by atoms with Gasteiger partial charge in [-0.1, -0.05) is 18.2 Å². The number of benzene rings is 2. The lowest BCUT2D eigenvalue weighted by atomic mass is 9.95. The van der Waals surface area contributed by atoms with Crippen LogP contribution in [-0.2, 0) is 11.8 Å². The molecule has 1 aromatic heterocycles. The van der Waals surface area contributed by atoms with Crippen molar-refractivity contribution < 1.29 is 9.72 Å². The van der Waals surface area contributed by atoms with Gasteiger partial charge in [-0.2, -0.15) is 0 Å². The number of hydrogen-bond donors (Lipinski definition) is 1. The van der Waals surface area contributed by atoms with Gasteiger partial charge >= 0.3 is 0 Å². The molecule has 34 heavy (non-hydrogen) atoms. The number of anilines is 1. The van der Waals surface area contributed by atoms with Crippen molar-refractivity contribution in [3.05, 3.63) is 80.3 Å². The van der Waals surface area contributed by atoms with Crippen LogP contribution in [0.2, 0.25) is 0 Å². The highest BCUT2D eigenvalue weighted by atomic mass is 16.6. The number of carbonyl (C=O) groups is 1. The van der Waals surface area contributed by atoms with Crippen LogP contribution in [0.25, 0.3) is 5.69 Å². The summed E-state index contributed by atoms with van der Waals surface area (Å²) in [5, 5.41) is 11.4. The first kappa shape index (κ1) is 23.0. The predicted molar refractivity (Wildman–Crippen MR) is 130 cm³/mol. The molecule has 10 nitrogen and oxygen atoms in total. The van der Waals surface area contributed by atoms with Gasteiger partial charge in [-0.15, -0.1) is 0 Å². The molecule has 1 saturated heterocycles. The molecule has 3 aromatic rings. The fraction of sp³-hybridized carbons (Fsp3) is 0.292. The lowest BCUT2D eigenvalue weighted by Gasteiger charge is -2.33. The smallest absolute Gasteiger partial charge is 0.297 e. The van der Waals surface area contributed by atoms with Crippen molar-refractivity contribution in [2.24, 2.45) is 23.7 Å². The third kappa shape index (κ3) is 4.34. The van der Waals surface area contributed by atoms with E-state index in [9.17, 15) is 19.7 Å². The highest BCUT2D eigenvalue weighted by Crippen LogP contribution is 2.29. The van der Waals surface area contributed by atoms with Gasteiger partial charge in [0.15, 0.2) is 5.69 Å². The van der Waals surface area contributed by atoms with E-state index < -0.39 is 4.92 Å². The van der Waals surface area contributed by atoms with Crippen LogP contribution in [0.1, 0.15) is 24.1 Å². The second-order valence-corrected chi connectivity index (χ2v) is 8.33. The number of nitro benzene ring substituents is 1. The zero-order chi connectivity index (χ0) is 24.4. The van der Waals surface area contributed by atoms with Crippen LogP contribution in [0.4, 0.5) is 17.1 Å². The Labute approximate surface area is 196 Å². The molecule has 2 heterocycles. The fourth-order valence-electron chi connectivity index (χ4n) is 4.29. The van der Waals surface area contributed by atoms with E-state index in [-0.39, 0.29) is 28.8 Å². The number of carbonyl (C=O) groups excluding carboxylic acids is 1. The number of nitro groups is 1. The Morgan fingerprint density at radius 3 is 2.47 bits per heavy atom. The van der Waals surface area contributed by atoms with Crippen LogP contribution in [0.5, 0.6) is 0 Å². The molecular formula is C24H26N6O4. The minimum Gasteiger partial charge on any atom is -0.371 e. The van der Waals surface area contributed by atoms with Crippen molar-refractivity contribution in [3.63, 3.8) is 0 Å². The van der Waals surface area contributed by atoms with Gasteiger partial charge in [0.2, 0.25) is 5.91 Å². The van der Waals surface area contributed by atoms with E-state index in [0.29, 0.717) is 42.9 Å². The number of hydrogen-bond acceptors (Lipinski definition) is 6. The Morgan fingerprint density at radius 1 is 1.18 bits per heavy atom. The number of non-ortho nitro benzene ring substituents is 1. The average Bonchev–Trinajstić information content (AvgIpc) is 3.05. The van der Waals surface area contributed by atoms with Gasteiger partial charge < -0.3 is 10.6 Å². The number of primary amides is 1. The second-order valence-electron chi connectivity index (χ2n) is 8.33. The number of aliphatic imine (C=N–C) groups is 1. The Hall–Kier alpha value is -4.21. The first-order chi connectivity index (χ1) is 16.3. The molecule has 0 aliphatic carbocycles. The lowest BCUT2D eigenvalue weighted by molar-refractivity contribution is -0.384. The Bertz CT molecular complexity index is 1320. The summed E-state index contributed by atoms with van der Waals surface area (Å²) in [6.07, 6.45) is 2.73. The zero-order valence-electron chi connectivity index (χ0n) is 19.0. The summed E-state index contributed by atoms with van der Waals surface area (Å²) in [6.45, 7) is 2.99. The minimum absolute atomic E-state index is 0.0660. The van der Waals surface area contributed by atoms with E-state index in [1.165, 1.54) is 23.0 Å². The first-order valence-corrected chi connectivity index (χ1v) is 11.0. The molecule has 176 valence electrons. The SMILES string of the molecule is Cc1c(N=Cc2cc([N+](=O)[O-])ccc2N2CCC(C(N)=O)CC2)c(=O)n(-c2ccccc2)n1C. The van der Waals surface area contributed by atoms with Gasteiger partial charge in [-0.05, 0) is 38.0 Å². The summed E-state index contributed by atoms with van der Waals surface area (Å²) < 4.78 is 3.26. The standard InChI is InChI=1S/C24H26N6O4/c1-16-22(24(32)29(27(16)2)19-6-4-3-5-7-19)26-15-18-14-20(30(33)34)8-9-21(18)28-12-10-17(11-13-28)23(25)31/h3-9,14-15,17H,10-13H2,1-2H3,(H2,25,31). The summed E-state index contributed by atoms with van der Waals surface area (Å²) in [5.74, 6) is -0.478. The maximum absolute atomic E-state index is 13.2. The van der Waals surface area contributed by atoms with Crippen LogP contribution in [0, 0.1) is 23.0 Å². The molecule has 0 saturated carbocycles. The van der Waals surface area contributed by atoms with Crippen LogP contribution in [-0.4, -0.2) is 39.5 Å². The van der Waals surface area contributed by atoms with E-state index in [0.717, 1.165) is 5.69 Å². The fourth-order valence-corrected chi connectivity index (χ4v) is 4.29. The molecular weight excluding hydrogens is 436 g/mol. The largest absolute Gasteiger partial charge is 0.371 e. The molecule has 2 N–H and O–H groups in total. The molecule has 1 amide bonds. The van der Waals surface area contributed by atoms with E-state index in [2.05, 4.69) is 9.89 Å². The number of para-hydroxylation sites is 1. The molecule has 0 unspecified atom stereocenters. The Kier molecular flexibility index (Phi) is 6.31. The topological polar surface area (TPSA) is 129 Å². The first-order valence-electron chi connectivity index (χ1n) is 11.0. The summed E-state index contributed by atoms with van der Waals surface area (Å²) in [7, 11) is 1.78. The normalized spacial score (nSPS) is 14.6. The number of rotatable bonds is 6. The van der Waals surface area contributed by atoms with Crippen molar-refractivity contribution in [2.45, 2.75) is 19.8 Å². The van der Waals surface area contributed by atoms with E-state index in [4.69, 9.17) is 5.73 Å². The quantitative estimate of drug-likeness (QED) is 0.342. The molecule has 10 heteroatoms. The number of aromatic nitrogens is 2. The van der Waals surface area contributed by atoms with Crippen LogP contribution < -0.4 is 16.2 Å². The molecule has 0 radical (unpaired) electrons. The molecule has 4 rings (SSSR count). The van der Waals surface area contributed by atoms with Crippen LogP contribution >= 0.6 is 0 Å². The van der Waals surface area contributed by atoms with Gasteiger partial charge in [0, 0.05) is 55.7 Å². The van der Waals surface area contributed by atoms with Gasteiger partial charge in [-0.25, -0.2) is 9.67 Å². The zero-order valence-corrected chi connectivity index (χ0v) is 19.0. The third-order valence-electron chi connectivity index (χ3n) is 6.32. The number of amides is 1. The van der Waals surface area contributed by atoms with Crippen molar-refractivity contribution in [1.29, 1.82) is 0 Å². The number of piperidine rings is 1. The lowest BCUT2D eigenvalue weighted by Crippen LogP contribution is -2.38. The van der Waals surface area contributed by atoms with E-state index in [1.807, 2.05) is 30.3 Å². The molecule has 2 aromatic carbocycles. The van der Waals surface area contributed by atoms with Crippen molar-refractivity contribution >= 4 is 29.2 Å². The molecule has 0 spiro atoms. The van der Waals surface area contributed by atoms with E-state index in [1.54, 1.807) is 24.7 Å². The van der Waals surface area contributed by atoms with Gasteiger partial charge in [0.25, 0.3) is 11.2 Å². The highest BCUT2D eigenvalue weighted by molar-refractivity contribution is 5.91. The molecule has 1 fully saturated rings. The molecule has 0 bridgehead atoms. The highest BCUT2D eigenvalue weighted by Gasteiger charge is 2.25. The monoisotopic (exact) mass is 462 g/mol. The van der Waals surface area contributed by atoms with Crippen molar-refractivity contribution in [1.82, 2.24) is 9.36 Å². The molecule has 0 atom stereocenters. The van der Waals surface area contributed by atoms with Crippen LogP contribution in [0.15, 0.2) is 58.3 Å². The number of nitrogens with zero attached hydrogens (tertiary/aromatic N) is 5. The van der Waals surface area contributed by atoms with E-state index >= 15 is 0 Å². The Balaban J connectivity index is 1.72. The molecule has 1 aliphatic rings. The van der Waals surface area contributed by atoms with Gasteiger partial charge in [0.05, 0.1) is 16.3 Å². The third-order valence-corrected chi connectivity index (χ3v) is 6.32. The van der Waals surface area contributed by atoms with Crippen LogP contribution in [0.3, 0.4) is 0 Å². The number of nitrogens with two attached hydrogens (primary N) is 1. The summed E-state index contributed by atoms with van der Waals surface area (Å²) >= 11 is 0. The Morgan fingerprint density at radius 2 is 1.85 bits per heavy atom. The predicted octanol–water partition coefficient (Wildman–Crippen LogP) is 2.84. The maximum atomic E-state index is 13.2. The average molecular weight is 463 g/mol. The summed E-state index contributed by atoms with van der Waals surface area (Å²) in [5.41, 5.74) is 8.03. The summed E-state index contributed by atoms with van der Waals surface area (Å²) in [6, 6.07) is 13.8. The summed E-state index contributed by atoms with van der Waals surface area (Å²) in [4.78, 5) is 42.1. The second kappa shape index (κ2) is 9.34. The van der Waals surface area contributed by atoms with Crippen molar-refractivity contribution in [3.8, 4) is 5.69 Å². The van der Waals surface area contributed by atoms with Gasteiger partial charge in [0.1, 0.15) is 0 Å². The van der Waals surface area contributed by atoms with Gasteiger partial charge in [-0.3, -0.25) is 24.4 Å². The molecule has 1 aliphatic heterocycles. The van der Waals surface area contributed by atoms with Crippen molar-refractivity contribution in [2.75, 3.05) is 18.0 Å².